The Morgan fingerprint density at radius 3 is 1.38 bits per heavy atom. The molecule has 0 spiro atoms. The van der Waals surface area contributed by atoms with Gasteiger partial charge in [-0.15, -0.1) is 23.5 Å². The van der Waals surface area contributed by atoms with Crippen LogP contribution in [0.2, 0.25) is 0 Å². The standard InChI is InChI=1S/C40H36N2O4S2/c1-5-37(43)45-21-7-23-47-35-17-13-31(14-18-35)9-11-33-25-29(3)39(41-27-33)40-30(4)26-34(28-42-40)12-10-32-15-19-36(20-16-32)48-24-8-22-46-38(44)6-2/h5-6,13-20,25-28H,1-2,7-8,21-24H2,3-4H3. The lowest BCUT2D eigenvalue weighted by Gasteiger charge is -2.08. The van der Waals surface area contributed by atoms with Gasteiger partial charge in [-0.1, -0.05) is 36.8 Å². The Morgan fingerprint density at radius 1 is 0.646 bits per heavy atom. The molecule has 4 aromatic rings. The van der Waals surface area contributed by atoms with E-state index in [1.807, 2.05) is 74.5 Å². The zero-order chi connectivity index (χ0) is 34.1. The largest absolute Gasteiger partial charge is 0.463 e. The summed E-state index contributed by atoms with van der Waals surface area (Å²) in [7, 11) is 0. The number of esters is 2. The first-order valence-electron chi connectivity index (χ1n) is 15.4. The van der Waals surface area contributed by atoms with Crippen molar-refractivity contribution in [2.75, 3.05) is 24.7 Å². The Morgan fingerprint density at radius 2 is 1.02 bits per heavy atom. The molecule has 0 saturated heterocycles. The van der Waals surface area contributed by atoms with Crippen molar-refractivity contribution in [3.63, 3.8) is 0 Å². The molecular formula is C40H36N2O4S2. The van der Waals surface area contributed by atoms with E-state index in [0.29, 0.717) is 13.2 Å². The van der Waals surface area contributed by atoms with Gasteiger partial charge in [0.05, 0.1) is 24.6 Å². The van der Waals surface area contributed by atoms with E-state index in [4.69, 9.17) is 19.4 Å². The molecule has 0 aliphatic carbocycles. The van der Waals surface area contributed by atoms with Crippen LogP contribution in [0.1, 0.15) is 46.2 Å². The lowest BCUT2D eigenvalue weighted by Crippen LogP contribution is -2.02. The smallest absolute Gasteiger partial charge is 0.330 e. The van der Waals surface area contributed by atoms with Crippen LogP contribution in [0, 0.1) is 37.5 Å². The zero-order valence-corrected chi connectivity index (χ0v) is 28.7. The van der Waals surface area contributed by atoms with Gasteiger partial charge in [-0.2, -0.15) is 0 Å². The molecule has 8 heteroatoms. The van der Waals surface area contributed by atoms with Gasteiger partial charge < -0.3 is 9.47 Å². The molecule has 0 radical (unpaired) electrons. The second-order valence-electron chi connectivity index (χ2n) is 10.5. The molecule has 0 bridgehead atoms. The first-order chi connectivity index (χ1) is 23.3. The highest BCUT2D eigenvalue weighted by Gasteiger charge is 2.10. The van der Waals surface area contributed by atoms with Crippen molar-refractivity contribution >= 4 is 35.5 Å². The van der Waals surface area contributed by atoms with Crippen LogP contribution in [-0.2, 0) is 19.1 Å². The minimum Gasteiger partial charge on any atom is -0.463 e. The molecular weight excluding hydrogens is 637 g/mol. The van der Waals surface area contributed by atoms with Crippen molar-refractivity contribution in [3.8, 4) is 35.1 Å². The number of thioether (sulfide) groups is 2. The van der Waals surface area contributed by atoms with E-state index in [9.17, 15) is 9.59 Å². The molecule has 0 fully saturated rings. The van der Waals surface area contributed by atoms with Crippen LogP contribution in [0.4, 0.5) is 0 Å². The number of hydrogen-bond donors (Lipinski definition) is 0. The Labute approximate surface area is 291 Å². The maximum absolute atomic E-state index is 11.1. The molecule has 6 nitrogen and oxygen atoms in total. The van der Waals surface area contributed by atoms with Gasteiger partial charge in [0.2, 0.25) is 0 Å². The van der Waals surface area contributed by atoms with Gasteiger partial charge in [0.25, 0.3) is 0 Å². The number of nitrogens with zero attached hydrogens (tertiary/aromatic N) is 2. The molecule has 0 N–H and O–H groups in total. The summed E-state index contributed by atoms with van der Waals surface area (Å²) >= 11 is 3.42. The normalized spacial score (nSPS) is 10.1. The third-order valence-electron chi connectivity index (χ3n) is 6.73. The number of carbonyl (C=O) groups excluding carboxylic acids is 2. The zero-order valence-electron chi connectivity index (χ0n) is 27.1. The molecule has 0 amide bonds. The number of pyridine rings is 2. The fourth-order valence-corrected chi connectivity index (χ4v) is 5.95. The number of rotatable bonds is 13. The van der Waals surface area contributed by atoms with E-state index in [2.05, 4.69) is 36.8 Å². The SMILES string of the molecule is C=CC(=O)OCCCSc1ccc(C#Cc2cnc(-c3ncc(C#Cc4ccc(SCCCOC(=O)C=C)cc4)cc3C)c(C)c2)cc1. The number of benzene rings is 2. The molecule has 2 aromatic carbocycles. The van der Waals surface area contributed by atoms with Crippen molar-refractivity contribution < 1.29 is 19.1 Å². The Hall–Kier alpha value is -5.02. The predicted molar refractivity (Wildman–Crippen MR) is 195 cm³/mol. The molecule has 48 heavy (non-hydrogen) atoms. The maximum atomic E-state index is 11.1. The summed E-state index contributed by atoms with van der Waals surface area (Å²) in [5.74, 6) is 13.8. The highest BCUT2D eigenvalue weighted by Crippen LogP contribution is 2.24. The van der Waals surface area contributed by atoms with Crippen molar-refractivity contribution in [3.05, 3.63) is 132 Å². The molecule has 0 aliphatic heterocycles. The minimum atomic E-state index is -0.388. The van der Waals surface area contributed by atoms with E-state index in [-0.39, 0.29) is 11.9 Å². The van der Waals surface area contributed by atoms with Gasteiger partial charge in [-0.05, 0) is 98.5 Å². The van der Waals surface area contributed by atoms with Crippen LogP contribution in [0.15, 0.2) is 108 Å². The van der Waals surface area contributed by atoms with Crippen LogP contribution in [0.5, 0.6) is 0 Å². The van der Waals surface area contributed by atoms with Crippen LogP contribution >= 0.6 is 23.5 Å². The first-order valence-corrected chi connectivity index (χ1v) is 17.3. The second kappa shape index (κ2) is 19.0. The highest BCUT2D eigenvalue weighted by atomic mass is 32.2. The summed E-state index contributed by atoms with van der Waals surface area (Å²) in [6.07, 6.45) is 7.47. The van der Waals surface area contributed by atoms with Crippen LogP contribution in [0.25, 0.3) is 11.4 Å². The molecule has 0 saturated carbocycles. The van der Waals surface area contributed by atoms with Gasteiger partial charge in [0.1, 0.15) is 0 Å². The summed E-state index contributed by atoms with van der Waals surface area (Å²) in [6, 6.07) is 20.3. The molecule has 0 aliphatic rings. The van der Waals surface area contributed by atoms with E-state index in [1.54, 1.807) is 35.9 Å². The van der Waals surface area contributed by atoms with Crippen molar-refractivity contribution in [2.45, 2.75) is 36.5 Å². The van der Waals surface area contributed by atoms with Crippen LogP contribution in [-0.4, -0.2) is 46.6 Å². The van der Waals surface area contributed by atoms with E-state index in [0.717, 1.165) is 78.9 Å². The highest BCUT2D eigenvalue weighted by molar-refractivity contribution is 7.99. The van der Waals surface area contributed by atoms with Crippen molar-refractivity contribution in [2.24, 2.45) is 0 Å². The average Bonchev–Trinajstić information content (AvgIpc) is 3.10. The predicted octanol–water partition coefficient (Wildman–Crippen LogP) is 7.98. The van der Waals surface area contributed by atoms with Crippen molar-refractivity contribution in [1.82, 2.24) is 9.97 Å². The Kier molecular flexibility index (Phi) is 14.2. The topological polar surface area (TPSA) is 78.4 Å². The van der Waals surface area contributed by atoms with Gasteiger partial charge in [-0.3, -0.25) is 9.97 Å². The van der Waals surface area contributed by atoms with Gasteiger partial charge in [0, 0.05) is 68.1 Å². The third kappa shape index (κ3) is 11.7. The summed E-state index contributed by atoms with van der Waals surface area (Å²) in [5.41, 5.74) is 7.16. The Bertz CT molecular complexity index is 1740. The quantitative estimate of drug-likeness (QED) is 0.0465. The number of ether oxygens (including phenoxy) is 2. The maximum Gasteiger partial charge on any atom is 0.330 e. The van der Waals surface area contributed by atoms with E-state index < -0.39 is 0 Å². The molecule has 0 unspecified atom stereocenters. The number of hydrogen-bond acceptors (Lipinski definition) is 8. The summed E-state index contributed by atoms with van der Waals surface area (Å²) < 4.78 is 10.0. The molecule has 4 rings (SSSR count). The molecule has 0 atom stereocenters. The average molecular weight is 673 g/mol. The fourth-order valence-electron chi connectivity index (χ4n) is 4.30. The van der Waals surface area contributed by atoms with Crippen LogP contribution in [0.3, 0.4) is 0 Å². The van der Waals surface area contributed by atoms with E-state index in [1.165, 1.54) is 12.2 Å². The summed E-state index contributed by atoms with van der Waals surface area (Å²) in [4.78, 5) is 33.9. The molecule has 2 heterocycles. The van der Waals surface area contributed by atoms with E-state index >= 15 is 0 Å². The third-order valence-corrected chi connectivity index (χ3v) is 8.93. The monoisotopic (exact) mass is 672 g/mol. The van der Waals surface area contributed by atoms with Gasteiger partial charge >= 0.3 is 11.9 Å². The molecule has 242 valence electrons. The first kappa shape index (κ1) is 35.8. The fraction of sp³-hybridized carbons (Fsp3) is 0.200. The lowest BCUT2D eigenvalue weighted by molar-refractivity contribution is -0.138. The number of aryl methyl sites for hydroxylation is 2. The Balaban J connectivity index is 1.30. The number of aromatic nitrogens is 2. The lowest BCUT2D eigenvalue weighted by atomic mass is 10.0. The second-order valence-corrected chi connectivity index (χ2v) is 12.8. The summed E-state index contributed by atoms with van der Waals surface area (Å²) in [5, 5.41) is 0. The van der Waals surface area contributed by atoms with Crippen molar-refractivity contribution in [1.29, 1.82) is 0 Å². The van der Waals surface area contributed by atoms with Crippen LogP contribution < -0.4 is 0 Å². The number of carbonyl (C=O) groups is 2. The molecule has 2 aromatic heterocycles. The van der Waals surface area contributed by atoms with Gasteiger partial charge in [0.15, 0.2) is 0 Å². The minimum absolute atomic E-state index is 0.388. The van der Waals surface area contributed by atoms with Gasteiger partial charge in [-0.25, -0.2) is 9.59 Å². The summed E-state index contributed by atoms with van der Waals surface area (Å²) in [6.45, 7) is 11.6.